The Morgan fingerprint density at radius 2 is 2.16 bits per heavy atom. The van der Waals surface area contributed by atoms with Crippen molar-refractivity contribution in [3.63, 3.8) is 0 Å². The second-order valence-electron chi connectivity index (χ2n) is 6.08. The Balaban J connectivity index is 1.74. The van der Waals surface area contributed by atoms with E-state index in [1.807, 2.05) is 18.4 Å². The zero-order valence-corrected chi connectivity index (χ0v) is 12.4. The molecule has 1 atom stereocenters. The third kappa shape index (κ3) is 2.63. The molecule has 0 radical (unpaired) electrons. The molecule has 1 unspecified atom stereocenters. The Kier molecular flexibility index (Phi) is 3.77. The fourth-order valence-electron chi connectivity index (χ4n) is 3.61. The van der Waals surface area contributed by atoms with E-state index in [0.717, 1.165) is 42.7 Å². The maximum absolute atomic E-state index is 12.7. The molecule has 1 aliphatic carbocycles. The van der Waals surface area contributed by atoms with Crippen LogP contribution in [0.5, 0.6) is 0 Å². The van der Waals surface area contributed by atoms with E-state index < -0.39 is 0 Å². The maximum Gasteiger partial charge on any atom is 0.176 e. The molecule has 3 rings (SSSR count). The summed E-state index contributed by atoms with van der Waals surface area (Å²) in [5.41, 5.74) is 1.17. The molecule has 1 aliphatic heterocycles. The molecule has 2 nitrogen and oxygen atoms in total. The van der Waals surface area contributed by atoms with E-state index in [2.05, 4.69) is 0 Å². The lowest BCUT2D eigenvalue weighted by Gasteiger charge is -2.43. The molecule has 1 aromatic rings. The van der Waals surface area contributed by atoms with Crippen LogP contribution in [0.4, 0.5) is 0 Å². The highest BCUT2D eigenvalue weighted by Gasteiger charge is 2.41. The average molecular weight is 278 g/mol. The number of carbonyl (C=O) groups is 1. The summed E-state index contributed by atoms with van der Waals surface area (Å²) in [5.74, 6) is 0.546. The molecule has 2 heterocycles. The van der Waals surface area contributed by atoms with E-state index in [0.29, 0.717) is 5.78 Å². The van der Waals surface area contributed by atoms with E-state index in [4.69, 9.17) is 4.74 Å². The van der Waals surface area contributed by atoms with Crippen LogP contribution in [0.2, 0.25) is 0 Å². The van der Waals surface area contributed by atoms with Crippen molar-refractivity contribution in [2.45, 2.75) is 57.5 Å². The Bertz CT molecular complexity index is 452. The van der Waals surface area contributed by atoms with Gasteiger partial charge in [-0.3, -0.25) is 4.79 Å². The van der Waals surface area contributed by atoms with Crippen molar-refractivity contribution >= 4 is 17.1 Å². The number of rotatable bonds is 2. The van der Waals surface area contributed by atoms with Crippen molar-refractivity contribution in [3.8, 4) is 0 Å². The lowest BCUT2D eigenvalue weighted by Crippen LogP contribution is -2.43. The Hall–Kier alpha value is -0.670. The first-order chi connectivity index (χ1) is 9.20. The number of aryl methyl sites for hydroxylation is 1. The number of carbonyl (C=O) groups excluding carboxylic acids is 1. The van der Waals surface area contributed by atoms with Crippen LogP contribution in [-0.2, 0) is 4.74 Å². The summed E-state index contributed by atoms with van der Waals surface area (Å²) in [6.07, 6.45) is 8.01. The molecule has 0 N–H and O–H groups in total. The van der Waals surface area contributed by atoms with Crippen molar-refractivity contribution in [3.05, 3.63) is 21.9 Å². The third-order valence-corrected chi connectivity index (χ3v) is 5.75. The minimum Gasteiger partial charge on any atom is -0.375 e. The molecule has 3 heteroatoms. The highest BCUT2D eigenvalue weighted by Crippen LogP contribution is 2.42. The number of hydrogen-bond acceptors (Lipinski definition) is 3. The van der Waals surface area contributed by atoms with Gasteiger partial charge in [0.15, 0.2) is 5.78 Å². The topological polar surface area (TPSA) is 26.3 Å². The van der Waals surface area contributed by atoms with E-state index in [1.54, 1.807) is 11.3 Å². The zero-order valence-electron chi connectivity index (χ0n) is 11.6. The van der Waals surface area contributed by atoms with Crippen LogP contribution >= 0.6 is 11.3 Å². The van der Waals surface area contributed by atoms with Gasteiger partial charge >= 0.3 is 0 Å². The van der Waals surface area contributed by atoms with Crippen LogP contribution in [0.15, 0.2) is 11.4 Å². The highest BCUT2D eigenvalue weighted by molar-refractivity contribution is 7.12. The monoisotopic (exact) mass is 278 g/mol. The molecule has 2 fully saturated rings. The van der Waals surface area contributed by atoms with Gasteiger partial charge in [-0.2, -0.15) is 0 Å². The molecule has 1 aromatic heterocycles. The first-order valence-electron chi connectivity index (χ1n) is 7.42. The van der Waals surface area contributed by atoms with Crippen LogP contribution < -0.4 is 0 Å². The molecular weight excluding hydrogens is 256 g/mol. The van der Waals surface area contributed by atoms with Crippen LogP contribution in [0.25, 0.3) is 0 Å². The summed E-state index contributed by atoms with van der Waals surface area (Å²) < 4.78 is 6.09. The fraction of sp³-hybridized carbons (Fsp3) is 0.688. The number of hydrogen-bond donors (Lipinski definition) is 0. The minimum absolute atomic E-state index is 0.0298. The molecule has 19 heavy (non-hydrogen) atoms. The number of Topliss-reactive ketones (excluding diaryl/α,β-unsaturated/α-hetero) is 1. The predicted molar refractivity (Wildman–Crippen MR) is 77.9 cm³/mol. The van der Waals surface area contributed by atoms with Crippen LogP contribution in [0, 0.1) is 12.8 Å². The number of ketones is 1. The van der Waals surface area contributed by atoms with Crippen molar-refractivity contribution in [2.24, 2.45) is 5.92 Å². The van der Waals surface area contributed by atoms with Gasteiger partial charge in [0, 0.05) is 12.5 Å². The molecule has 2 aliphatic rings. The third-order valence-electron chi connectivity index (χ3n) is 4.71. The Morgan fingerprint density at radius 1 is 1.37 bits per heavy atom. The van der Waals surface area contributed by atoms with Crippen molar-refractivity contribution in [1.82, 2.24) is 0 Å². The summed E-state index contributed by atoms with van der Waals surface area (Å²) in [6, 6.07) is 2.05. The smallest absolute Gasteiger partial charge is 0.176 e. The number of ether oxygens (including phenoxy) is 1. The van der Waals surface area contributed by atoms with Gasteiger partial charge in [0.25, 0.3) is 0 Å². The standard InChI is InChI=1S/C16H22O2S/c1-12-6-10-19-15(12)14(17)13-5-9-18-16(11-13)7-3-2-4-8-16/h6,10,13H,2-5,7-9,11H2,1H3. The first kappa shape index (κ1) is 13.3. The van der Waals surface area contributed by atoms with Gasteiger partial charge < -0.3 is 4.74 Å². The molecule has 1 saturated carbocycles. The highest BCUT2D eigenvalue weighted by atomic mass is 32.1. The fourth-order valence-corrected chi connectivity index (χ4v) is 4.55. The molecule has 0 amide bonds. The van der Waals surface area contributed by atoms with Gasteiger partial charge in [0.1, 0.15) is 0 Å². The molecule has 104 valence electrons. The molecule has 1 saturated heterocycles. The normalized spacial score (nSPS) is 26.5. The molecule has 0 aromatic carbocycles. The van der Waals surface area contributed by atoms with Gasteiger partial charge in [0.05, 0.1) is 10.5 Å². The quantitative estimate of drug-likeness (QED) is 0.751. The second-order valence-corrected chi connectivity index (χ2v) is 6.99. The van der Waals surface area contributed by atoms with Crippen molar-refractivity contribution in [2.75, 3.05) is 6.61 Å². The zero-order chi connectivity index (χ0) is 13.3. The lowest BCUT2D eigenvalue weighted by atomic mass is 9.75. The Morgan fingerprint density at radius 3 is 2.84 bits per heavy atom. The molecule has 0 bridgehead atoms. The van der Waals surface area contributed by atoms with E-state index >= 15 is 0 Å². The summed E-state index contributed by atoms with van der Waals surface area (Å²) >= 11 is 1.60. The van der Waals surface area contributed by atoms with Gasteiger partial charge in [0.2, 0.25) is 0 Å². The van der Waals surface area contributed by atoms with Gasteiger partial charge in [-0.05, 0) is 49.6 Å². The minimum atomic E-state index is 0.0298. The first-order valence-corrected chi connectivity index (χ1v) is 8.30. The summed E-state index contributed by atoms with van der Waals surface area (Å²) in [7, 11) is 0. The molecular formula is C16H22O2S. The largest absolute Gasteiger partial charge is 0.375 e. The van der Waals surface area contributed by atoms with Gasteiger partial charge in [-0.1, -0.05) is 19.3 Å². The summed E-state index contributed by atoms with van der Waals surface area (Å²) in [6.45, 7) is 2.81. The van der Waals surface area contributed by atoms with Crippen LogP contribution in [-0.4, -0.2) is 18.0 Å². The van der Waals surface area contributed by atoms with E-state index in [1.165, 1.54) is 19.3 Å². The summed E-state index contributed by atoms with van der Waals surface area (Å²) in [4.78, 5) is 13.6. The average Bonchev–Trinajstić information content (AvgIpc) is 2.85. The lowest BCUT2D eigenvalue weighted by molar-refractivity contribution is -0.111. The predicted octanol–water partition coefficient (Wildman–Crippen LogP) is 4.37. The number of thiophene rings is 1. The summed E-state index contributed by atoms with van der Waals surface area (Å²) in [5, 5.41) is 2.03. The maximum atomic E-state index is 12.7. The van der Waals surface area contributed by atoms with Crippen LogP contribution in [0.1, 0.15) is 60.2 Å². The second kappa shape index (κ2) is 5.37. The van der Waals surface area contributed by atoms with E-state index in [-0.39, 0.29) is 11.5 Å². The van der Waals surface area contributed by atoms with Crippen molar-refractivity contribution < 1.29 is 9.53 Å². The van der Waals surface area contributed by atoms with E-state index in [9.17, 15) is 4.79 Å². The Labute approximate surface area is 119 Å². The van der Waals surface area contributed by atoms with Gasteiger partial charge in [-0.15, -0.1) is 11.3 Å². The van der Waals surface area contributed by atoms with Crippen LogP contribution in [0.3, 0.4) is 0 Å². The molecule has 1 spiro atoms. The SMILES string of the molecule is Cc1ccsc1C(=O)C1CCOC2(CCCCC2)C1. The van der Waals surface area contributed by atoms with Gasteiger partial charge in [-0.25, -0.2) is 0 Å². The van der Waals surface area contributed by atoms with Crippen molar-refractivity contribution in [1.29, 1.82) is 0 Å².